The molecule has 0 heterocycles. The highest BCUT2D eigenvalue weighted by Gasteiger charge is 2.27. The van der Waals surface area contributed by atoms with Crippen molar-refractivity contribution in [3.05, 3.63) is 125 Å². The van der Waals surface area contributed by atoms with Gasteiger partial charge in [-0.2, -0.15) is 0 Å². The highest BCUT2D eigenvalue weighted by Crippen LogP contribution is 2.51. The van der Waals surface area contributed by atoms with E-state index in [4.69, 9.17) is 23.0 Å². The van der Waals surface area contributed by atoms with E-state index in [1.165, 1.54) is 11.9 Å². The molecule has 4 aromatic carbocycles. The van der Waals surface area contributed by atoms with Gasteiger partial charge in [-0.3, -0.25) is 18.4 Å². The fourth-order valence-corrected chi connectivity index (χ4v) is 7.60. The van der Waals surface area contributed by atoms with Crippen LogP contribution in [0.5, 0.6) is 0 Å². The third-order valence-corrected chi connectivity index (χ3v) is 10.9. The SMILES string of the molecule is CCC(CC(=O)OCOC(=O)N(C)CCCOP(=O)(OCc1ccccc1)OCc1ccccc1)c1ccc(N(CC(C)C)CC(C)C)c(NC(=O)Nc2ccc(C)cc2)c1. The summed E-state index contributed by atoms with van der Waals surface area (Å²) < 4.78 is 41.0. The lowest BCUT2D eigenvalue weighted by Crippen LogP contribution is -2.32. The Morgan fingerprint density at radius 3 is 1.89 bits per heavy atom. The molecule has 0 aliphatic heterocycles. The van der Waals surface area contributed by atoms with E-state index < -0.39 is 26.7 Å². The molecule has 0 radical (unpaired) electrons. The van der Waals surface area contributed by atoms with E-state index in [-0.39, 0.29) is 44.7 Å². The molecule has 0 aromatic heterocycles. The van der Waals surface area contributed by atoms with Gasteiger partial charge in [0.25, 0.3) is 0 Å². The van der Waals surface area contributed by atoms with Gasteiger partial charge in [0.2, 0.25) is 6.79 Å². The first-order valence-electron chi connectivity index (χ1n) is 20.9. The summed E-state index contributed by atoms with van der Waals surface area (Å²) in [5.41, 5.74) is 5.78. The molecule has 1 unspecified atom stereocenters. The molecule has 14 heteroatoms. The zero-order valence-electron chi connectivity index (χ0n) is 36.6. The number of anilines is 3. The van der Waals surface area contributed by atoms with E-state index in [2.05, 4.69) is 43.2 Å². The van der Waals surface area contributed by atoms with Crippen LogP contribution in [0.25, 0.3) is 0 Å². The maximum Gasteiger partial charge on any atom is 0.475 e. The largest absolute Gasteiger partial charge is 0.475 e. The van der Waals surface area contributed by atoms with Crippen molar-refractivity contribution < 1.29 is 42.0 Å². The Labute approximate surface area is 361 Å². The summed E-state index contributed by atoms with van der Waals surface area (Å²) in [6, 6.07) is 31.7. The Kier molecular flexibility index (Phi) is 19.8. The van der Waals surface area contributed by atoms with Crippen LogP contribution in [0.4, 0.5) is 26.7 Å². The monoisotopic (exact) mass is 858 g/mol. The van der Waals surface area contributed by atoms with Crippen LogP contribution in [0.3, 0.4) is 0 Å². The number of benzene rings is 4. The average Bonchev–Trinajstić information content (AvgIpc) is 3.24. The quantitative estimate of drug-likeness (QED) is 0.0302. The molecule has 0 saturated carbocycles. The molecule has 0 aliphatic rings. The molecule has 330 valence electrons. The lowest BCUT2D eigenvalue weighted by Gasteiger charge is -2.31. The number of urea groups is 1. The number of nitrogens with zero attached hydrogens (tertiary/aromatic N) is 2. The number of hydrogen-bond donors (Lipinski definition) is 2. The molecule has 13 nitrogen and oxygen atoms in total. The van der Waals surface area contributed by atoms with Crippen molar-refractivity contribution in [3.63, 3.8) is 0 Å². The second-order valence-corrected chi connectivity index (χ2v) is 17.5. The van der Waals surface area contributed by atoms with E-state index >= 15 is 0 Å². The van der Waals surface area contributed by atoms with Gasteiger partial charge >= 0.3 is 25.9 Å². The smallest absolute Gasteiger partial charge is 0.428 e. The normalized spacial score (nSPS) is 11.9. The van der Waals surface area contributed by atoms with Crippen LogP contribution in [0.15, 0.2) is 103 Å². The van der Waals surface area contributed by atoms with Crippen LogP contribution in [0.1, 0.15) is 82.1 Å². The van der Waals surface area contributed by atoms with Crippen LogP contribution in [0, 0.1) is 18.8 Å². The predicted octanol–water partition coefficient (Wildman–Crippen LogP) is 11.2. The Morgan fingerprint density at radius 1 is 0.738 bits per heavy atom. The topological polar surface area (TPSA) is 145 Å². The van der Waals surface area contributed by atoms with E-state index in [0.29, 0.717) is 36.1 Å². The first-order valence-corrected chi connectivity index (χ1v) is 22.4. The van der Waals surface area contributed by atoms with Crippen LogP contribution >= 0.6 is 7.82 Å². The Hall–Kier alpha value is -5.20. The molecule has 2 N–H and O–H groups in total. The summed E-state index contributed by atoms with van der Waals surface area (Å²) in [4.78, 5) is 42.7. The van der Waals surface area contributed by atoms with Gasteiger partial charge in [-0.1, -0.05) is 119 Å². The molecule has 61 heavy (non-hydrogen) atoms. The van der Waals surface area contributed by atoms with Gasteiger partial charge in [0.1, 0.15) is 0 Å². The van der Waals surface area contributed by atoms with Crippen LogP contribution in [-0.2, 0) is 45.6 Å². The zero-order valence-corrected chi connectivity index (χ0v) is 37.5. The molecule has 4 rings (SSSR count). The summed E-state index contributed by atoms with van der Waals surface area (Å²) in [6.45, 7) is 13.9. The van der Waals surface area contributed by atoms with Gasteiger partial charge < -0.3 is 29.9 Å². The first-order chi connectivity index (χ1) is 29.2. The summed E-state index contributed by atoms with van der Waals surface area (Å²) in [6.07, 6.45) is 0.256. The summed E-state index contributed by atoms with van der Waals surface area (Å²) >= 11 is 0. The zero-order chi connectivity index (χ0) is 44.2. The first kappa shape index (κ1) is 48.5. The molecule has 0 bridgehead atoms. The summed E-state index contributed by atoms with van der Waals surface area (Å²) in [7, 11) is -2.42. The predicted molar refractivity (Wildman–Crippen MR) is 241 cm³/mol. The second-order valence-electron chi connectivity index (χ2n) is 15.8. The van der Waals surface area contributed by atoms with Crippen LogP contribution in [-0.4, -0.2) is 63.1 Å². The maximum atomic E-state index is 13.5. The number of ether oxygens (including phenoxy) is 2. The Morgan fingerprint density at radius 2 is 1.33 bits per heavy atom. The highest BCUT2D eigenvalue weighted by molar-refractivity contribution is 7.48. The number of hydrogen-bond acceptors (Lipinski definition) is 10. The molecular formula is C47H63N4O9P. The molecule has 0 fully saturated rings. The van der Waals surface area contributed by atoms with Crippen molar-refractivity contribution in [1.82, 2.24) is 4.90 Å². The van der Waals surface area contributed by atoms with Crippen molar-refractivity contribution in [3.8, 4) is 0 Å². The lowest BCUT2D eigenvalue weighted by atomic mass is 9.92. The van der Waals surface area contributed by atoms with Gasteiger partial charge in [0, 0.05) is 32.4 Å². The minimum absolute atomic E-state index is 0.0189. The van der Waals surface area contributed by atoms with Crippen molar-refractivity contribution >= 4 is 43.0 Å². The molecular weight excluding hydrogens is 796 g/mol. The molecule has 0 aliphatic carbocycles. The number of esters is 1. The number of aryl methyl sites for hydroxylation is 1. The number of nitrogens with one attached hydrogen (secondary N) is 2. The van der Waals surface area contributed by atoms with Gasteiger partial charge in [0.15, 0.2) is 0 Å². The second kappa shape index (κ2) is 24.9. The van der Waals surface area contributed by atoms with Crippen LogP contribution in [0.2, 0.25) is 0 Å². The van der Waals surface area contributed by atoms with Gasteiger partial charge in [0.05, 0.1) is 37.6 Å². The van der Waals surface area contributed by atoms with Gasteiger partial charge in [-0.25, -0.2) is 14.2 Å². The lowest BCUT2D eigenvalue weighted by molar-refractivity contribution is -0.152. The number of amides is 3. The Balaban J connectivity index is 1.29. The minimum Gasteiger partial charge on any atom is -0.428 e. The van der Waals surface area contributed by atoms with Gasteiger partial charge in [-0.05, 0) is 78.5 Å². The maximum absolute atomic E-state index is 13.5. The minimum atomic E-state index is -3.96. The standard InChI is InChI=1S/C47H63N4O9P/c1-8-40(41-22-25-44(51(30-35(2)3)31-36(4)5)43(28-41)49-46(53)48-42-23-20-37(6)21-24-42)29-45(52)56-34-57-47(54)50(7)26-15-27-58-61(55,59-32-38-16-11-9-12-17-38)60-33-39-18-13-10-14-19-39/h9-14,16-25,28,35-36,40H,8,15,26-27,29-34H2,1-7H3,(H2,48,49,53). The van der Waals surface area contributed by atoms with E-state index in [0.717, 1.165) is 41.0 Å². The molecule has 0 saturated heterocycles. The summed E-state index contributed by atoms with van der Waals surface area (Å²) in [5.74, 6) is 0.00734. The average molecular weight is 859 g/mol. The van der Waals surface area contributed by atoms with Crippen molar-refractivity contribution in [1.29, 1.82) is 0 Å². The molecule has 4 aromatic rings. The number of rotatable bonds is 24. The number of phosphoric acid groups is 1. The van der Waals surface area contributed by atoms with Crippen molar-refractivity contribution in [2.24, 2.45) is 11.8 Å². The fraction of sp³-hybridized carbons (Fsp3) is 0.426. The highest BCUT2D eigenvalue weighted by atomic mass is 31.2. The fourth-order valence-electron chi connectivity index (χ4n) is 6.41. The number of phosphoric ester groups is 1. The van der Waals surface area contributed by atoms with E-state index in [9.17, 15) is 18.9 Å². The van der Waals surface area contributed by atoms with Crippen molar-refractivity contribution in [2.45, 2.75) is 79.9 Å². The molecule has 0 spiro atoms. The third-order valence-electron chi connectivity index (χ3n) is 9.53. The molecule has 3 amide bonds. The Bertz CT molecular complexity index is 1940. The van der Waals surface area contributed by atoms with E-state index in [1.807, 2.05) is 117 Å². The summed E-state index contributed by atoms with van der Waals surface area (Å²) in [5, 5.41) is 6.00. The third kappa shape index (κ3) is 17.4. The number of carbonyl (C=O) groups excluding carboxylic acids is 3. The van der Waals surface area contributed by atoms with Crippen LogP contribution < -0.4 is 15.5 Å². The number of carbonyl (C=O) groups is 3. The van der Waals surface area contributed by atoms with Crippen molar-refractivity contribution in [2.75, 3.05) is 55.6 Å². The van der Waals surface area contributed by atoms with Gasteiger partial charge in [-0.15, -0.1) is 0 Å². The molecule has 1 atom stereocenters. The van der Waals surface area contributed by atoms with E-state index in [1.54, 1.807) is 0 Å².